The maximum absolute atomic E-state index is 11.8. The van der Waals surface area contributed by atoms with Gasteiger partial charge in [0.1, 0.15) is 0 Å². The number of carbonyl (C=O) groups is 1. The Morgan fingerprint density at radius 1 is 1.05 bits per heavy atom. The lowest BCUT2D eigenvalue weighted by atomic mass is 9.98. The van der Waals surface area contributed by atoms with Crippen molar-refractivity contribution in [3.63, 3.8) is 0 Å². The summed E-state index contributed by atoms with van der Waals surface area (Å²) in [5.41, 5.74) is 0. The Hall–Kier alpha value is -0.610. The van der Waals surface area contributed by atoms with E-state index < -0.39 is 0 Å². The lowest BCUT2D eigenvalue weighted by Gasteiger charge is -2.34. The van der Waals surface area contributed by atoms with Crippen LogP contribution in [-0.4, -0.2) is 61.6 Å². The summed E-state index contributed by atoms with van der Waals surface area (Å²) in [4.78, 5) is 16.8. The van der Waals surface area contributed by atoms with E-state index in [0.717, 1.165) is 39.0 Å². The molecule has 0 aromatic heterocycles. The summed E-state index contributed by atoms with van der Waals surface area (Å²) in [7, 11) is 0. The number of hydrogen-bond acceptors (Lipinski definition) is 4. The minimum Gasteiger partial charge on any atom is -0.466 e. The van der Waals surface area contributed by atoms with E-state index in [1.54, 1.807) is 0 Å². The molecular weight excluding hydrogens is 240 g/mol. The molecule has 2 saturated heterocycles. The first-order valence-corrected chi connectivity index (χ1v) is 7.91. The van der Waals surface area contributed by atoms with Crippen LogP contribution in [-0.2, 0) is 9.53 Å². The van der Waals surface area contributed by atoms with Crippen molar-refractivity contribution in [2.45, 2.75) is 39.0 Å². The van der Waals surface area contributed by atoms with E-state index in [9.17, 15) is 4.79 Å². The molecule has 4 heteroatoms. The SMILES string of the molecule is CCOC(=O)C1CCCN(CCN2CCCCC2)C1. The van der Waals surface area contributed by atoms with Crippen LogP contribution in [0.3, 0.4) is 0 Å². The molecule has 2 fully saturated rings. The van der Waals surface area contributed by atoms with Crippen molar-refractivity contribution in [3.05, 3.63) is 0 Å². The number of likely N-dealkylation sites (tertiary alicyclic amines) is 2. The molecule has 2 aliphatic heterocycles. The zero-order valence-corrected chi connectivity index (χ0v) is 12.3. The van der Waals surface area contributed by atoms with Crippen LogP contribution >= 0.6 is 0 Å². The molecule has 0 amide bonds. The molecule has 0 bridgehead atoms. The van der Waals surface area contributed by atoms with Gasteiger partial charge in [-0.3, -0.25) is 4.79 Å². The molecule has 0 aliphatic carbocycles. The van der Waals surface area contributed by atoms with Gasteiger partial charge in [0.2, 0.25) is 0 Å². The molecule has 0 aromatic rings. The van der Waals surface area contributed by atoms with Gasteiger partial charge < -0.3 is 14.5 Å². The molecule has 110 valence electrons. The molecule has 1 atom stereocenters. The second kappa shape index (κ2) is 7.85. The van der Waals surface area contributed by atoms with Crippen molar-refractivity contribution in [1.29, 1.82) is 0 Å². The van der Waals surface area contributed by atoms with Gasteiger partial charge in [0, 0.05) is 19.6 Å². The van der Waals surface area contributed by atoms with Crippen molar-refractivity contribution in [1.82, 2.24) is 9.80 Å². The predicted molar refractivity (Wildman–Crippen MR) is 76.1 cm³/mol. The van der Waals surface area contributed by atoms with Crippen LogP contribution < -0.4 is 0 Å². The number of piperidine rings is 2. The highest BCUT2D eigenvalue weighted by Gasteiger charge is 2.26. The van der Waals surface area contributed by atoms with E-state index in [1.165, 1.54) is 32.4 Å². The third kappa shape index (κ3) is 4.77. The maximum atomic E-state index is 11.8. The van der Waals surface area contributed by atoms with Crippen molar-refractivity contribution in [2.24, 2.45) is 5.92 Å². The molecule has 0 N–H and O–H groups in total. The van der Waals surface area contributed by atoms with Gasteiger partial charge in [-0.05, 0) is 52.2 Å². The molecule has 4 nitrogen and oxygen atoms in total. The van der Waals surface area contributed by atoms with E-state index >= 15 is 0 Å². The molecular formula is C15H28N2O2. The Morgan fingerprint density at radius 2 is 1.74 bits per heavy atom. The maximum Gasteiger partial charge on any atom is 0.310 e. The Morgan fingerprint density at radius 3 is 2.47 bits per heavy atom. The van der Waals surface area contributed by atoms with Gasteiger partial charge in [-0.25, -0.2) is 0 Å². The number of nitrogens with zero attached hydrogens (tertiary/aromatic N) is 2. The van der Waals surface area contributed by atoms with Crippen LogP contribution in [0.15, 0.2) is 0 Å². The quantitative estimate of drug-likeness (QED) is 0.711. The predicted octanol–water partition coefficient (Wildman–Crippen LogP) is 1.75. The summed E-state index contributed by atoms with van der Waals surface area (Å²) in [6, 6.07) is 0. The van der Waals surface area contributed by atoms with E-state index in [0.29, 0.717) is 6.61 Å². The fraction of sp³-hybridized carbons (Fsp3) is 0.933. The average molecular weight is 268 g/mol. The van der Waals surface area contributed by atoms with Crippen LogP contribution in [0.5, 0.6) is 0 Å². The number of esters is 1. The third-order valence-electron chi connectivity index (χ3n) is 4.31. The van der Waals surface area contributed by atoms with Gasteiger partial charge in [-0.1, -0.05) is 6.42 Å². The van der Waals surface area contributed by atoms with Crippen LogP contribution in [0.1, 0.15) is 39.0 Å². The highest BCUT2D eigenvalue weighted by Crippen LogP contribution is 2.18. The van der Waals surface area contributed by atoms with Crippen LogP contribution in [0.4, 0.5) is 0 Å². The summed E-state index contributed by atoms with van der Waals surface area (Å²) < 4.78 is 5.15. The Kier molecular flexibility index (Phi) is 6.11. The van der Waals surface area contributed by atoms with Gasteiger partial charge in [0.15, 0.2) is 0 Å². The summed E-state index contributed by atoms with van der Waals surface area (Å²) >= 11 is 0. The minimum atomic E-state index is 0.00479. The zero-order valence-electron chi connectivity index (χ0n) is 12.3. The number of ether oxygens (including phenoxy) is 1. The first-order chi connectivity index (χ1) is 9.29. The van der Waals surface area contributed by atoms with Crippen LogP contribution in [0, 0.1) is 5.92 Å². The van der Waals surface area contributed by atoms with Crippen LogP contribution in [0.25, 0.3) is 0 Å². The summed E-state index contributed by atoms with van der Waals surface area (Å²) in [5, 5.41) is 0. The van der Waals surface area contributed by atoms with Crippen molar-refractivity contribution >= 4 is 5.97 Å². The minimum absolute atomic E-state index is 0.00479. The van der Waals surface area contributed by atoms with Gasteiger partial charge in [0.05, 0.1) is 12.5 Å². The zero-order chi connectivity index (χ0) is 13.5. The third-order valence-corrected chi connectivity index (χ3v) is 4.31. The highest BCUT2D eigenvalue weighted by atomic mass is 16.5. The largest absolute Gasteiger partial charge is 0.466 e. The Balaban J connectivity index is 1.69. The Labute approximate surface area is 117 Å². The molecule has 2 heterocycles. The molecule has 0 saturated carbocycles. The van der Waals surface area contributed by atoms with Crippen molar-refractivity contribution < 1.29 is 9.53 Å². The molecule has 1 unspecified atom stereocenters. The fourth-order valence-corrected chi connectivity index (χ4v) is 3.18. The molecule has 19 heavy (non-hydrogen) atoms. The topological polar surface area (TPSA) is 32.8 Å². The highest BCUT2D eigenvalue weighted by molar-refractivity contribution is 5.72. The monoisotopic (exact) mass is 268 g/mol. The average Bonchev–Trinajstić information content (AvgIpc) is 2.47. The standard InChI is InChI=1S/C15H28N2O2/c1-2-19-15(18)14-7-6-10-17(13-14)12-11-16-8-4-3-5-9-16/h14H,2-13H2,1H3. The summed E-state index contributed by atoms with van der Waals surface area (Å²) in [5.74, 6) is 0.111. The molecule has 2 rings (SSSR count). The van der Waals surface area contributed by atoms with Gasteiger partial charge >= 0.3 is 5.97 Å². The van der Waals surface area contributed by atoms with Crippen molar-refractivity contribution in [3.8, 4) is 0 Å². The molecule has 0 aromatic carbocycles. The van der Waals surface area contributed by atoms with Gasteiger partial charge in [-0.15, -0.1) is 0 Å². The van der Waals surface area contributed by atoms with E-state index in [-0.39, 0.29) is 11.9 Å². The normalized spacial score (nSPS) is 26.3. The van der Waals surface area contributed by atoms with Gasteiger partial charge in [-0.2, -0.15) is 0 Å². The second-order valence-electron chi connectivity index (χ2n) is 5.79. The summed E-state index contributed by atoms with van der Waals surface area (Å²) in [6.45, 7) is 9.21. The Bertz CT molecular complexity index is 277. The lowest BCUT2D eigenvalue weighted by Crippen LogP contribution is -2.44. The summed E-state index contributed by atoms with van der Waals surface area (Å²) in [6.07, 6.45) is 6.23. The number of carbonyl (C=O) groups excluding carboxylic acids is 1. The first kappa shape index (κ1) is 14.8. The number of hydrogen-bond donors (Lipinski definition) is 0. The fourth-order valence-electron chi connectivity index (χ4n) is 3.18. The second-order valence-corrected chi connectivity index (χ2v) is 5.79. The van der Waals surface area contributed by atoms with Crippen LogP contribution in [0.2, 0.25) is 0 Å². The van der Waals surface area contributed by atoms with Gasteiger partial charge in [0.25, 0.3) is 0 Å². The van der Waals surface area contributed by atoms with Crippen molar-refractivity contribution in [2.75, 3.05) is 45.9 Å². The van der Waals surface area contributed by atoms with E-state index in [1.807, 2.05) is 6.92 Å². The number of rotatable bonds is 5. The molecule has 0 radical (unpaired) electrons. The first-order valence-electron chi connectivity index (χ1n) is 7.91. The lowest BCUT2D eigenvalue weighted by molar-refractivity contribution is -0.149. The van der Waals surface area contributed by atoms with E-state index in [4.69, 9.17) is 4.74 Å². The van der Waals surface area contributed by atoms with E-state index in [2.05, 4.69) is 9.80 Å². The smallest absolute Gasteiger partial charge is 0.310 e. The molecule has 0 spiro atoms. The molecule has 2 aliphatic rings.